The fraction of sp³-hybridized carbons (Fsp3) is 0.714. The van der Waals surface area contributed by atoms with Gasteiger partial charge in [-0.25, -0.2) is 4.79 Å². The molecule has 5 heteroatoms. The average molecular weight is 465 g/mol. The highest BCUT2D eigenvalue weighted by Gasteiger charge is 2.14. The van der Waals surface area contributed by atoms with Crippen LogP contribution in [0.1, 0.15) is 104 Å². The monoisotopic (exact) mass is 464 g/mol. The van der Waals surface area contributed by atoms with Crippen LogP contribution in [0.2, 0.25) is 0 Å². The van der Waals surface area contributed by atoms with Gasteiger partial charge < -0.3 is 14.6 Å². The predicted octanol–water partition coefficient (Wildman–Crippen LogP) is 6.85. The van der Waals surface area contributed by atoms with Crippen LogP contribution in [-0.4, -0.2) is 36.9 Å². The molecule has 1 N–H and O–H groups in total. The first-order valence-electron chi connectivity index (χ1n) is 13.1. The number of aliphatic hydroxyl groups excluding tert-OH is 1. The highest BCUT2D eigenvalue weighted by atomic mass is 16.5. The first kappa shape index (κ1) is 31.1. The molecule has 0 aromatic rings. The van der Waals surface area contributed by atoms with Gasteiger partial charge in [-0.1, -0.05) is 82.2 Å². The molecule has 0 saturated carbocycles. The van der Waals surface area contributed by atoms with Crippen LogP contribution in [0.15, 0.2) is 36.5 Å². The third-order valence-corrected chi connectivity index (χ3v) is 5.42. The van der Waals surface area contributed by atoms with E-state index in [1.807, 2.05) is 19.1 Å². The van der Waals surface area contributed by atoms with Gasteiger partial charge in [-0.3, -0.25) is 4.79 Å². The van der Waals surface area contributed by atoms with Crippen molar-refractivity contribution < 1.29 is 24.2 Å². The van der Waals surface area contributed by atoms with Gasteiger partial charge in [0.15, 0.2) is 0 Å². The molecule has 5 nitrogen and oxygen atoms in total. The predicted molar refractivity (Wildman–Crippen MR) is 136 cm³/mol. The van der Waals surface area contributed by atoms with Crippen LogP contribution in [0.25, 0.3) is 0 Å². The number of carbonyl (C=O) groups is 2. The summed E-state index contributed by atoms with van der Waals surface area (Å²) in [6.07, 6.45) is 26.2. The number of hydrogen-bond donors (Lipinski definition) is 1. The molecule has 0 aromatic carbocycles. The lowest BCUT2D eigenvalue weighted by molar-refractivity contribution is -0.147. The molecule has 0 spiro atoms. The molecular formula is C28H48O5. The second-order valence-electron chi connectivity index (χ2n) is 8.34. The van der Waals surface area contributed by atoms with E-state index >= 15 is 0 Å². The molecule has 0 aliphatic carbocycles. The Morgan fingerprint density at radius 2 is 1.36 bits per heavy atom. The van der Waals surface area contributed by atoms with Crippen LogP contribution in [0.5, 0.6) is 0 Å². The summed E-state index contributed by atoms with van der Waals surface area (Å²) >= 11 is 0. The Balaban J connectivity index is 3.66. The molecule has 0 fully saturated rings. The minimum Gasteiger partial charge on any atom is -0.465 e. The van der Waals surface area contributed by atoms with Crippen molar-refractivity contribution in [3.8, 4) is 0 Å². The molecule has 0 aliphatic rings. The van der Waals surface area contributed by atoms with Gasteiger partial charge in [0.1, 0.15) is 0 Å². The fourth-order valence-corrected chi connectivity index (χ4v) is 3.40. The molecule has 0 heterocycles. The summed E-state index contributed by atoms with van der Waals surface area (Å²) in [5, 5.41) is 8.76. The van der Waals surface area contributed by atoms with Gasteiger partial charge in [0, 0.05) is 12.7 Å². The van der Waals surface area contributed by atoms with Crippen molar-refractivity contribution in [2.75, 3.05) is 19.8 Å². The van der Waals surface area contributed by atoms with E-state index in [4.69, 9.17) is 14.6 Å². The summed E-state index contributed by atoms with van der Waals surface area (Å²) in [5.41, 5.74) is 0. The molecule has 33 heavy (non-hydrogen) atoms. The van der Waals surface area contributed by atoms with E-state index < -0.39 is 0 Å². The zero-order valence-corrected chi connectivity index (χ0v) is 21.1. The van der Waals surface area contributed by atoms with E-state index in [-0.39, 0.29) is 17.9 Å². The molecule has 0 bridgehead atoms. The van der Waals surface area contributed by atoms with E-state index in [1.54, 1.807) is 13.0 Å². The highest BCUT2D eigenvalue weighted by molar-refractivity contribution is 5.82. The Morgan fingerprint density at radius 1 is 0.758 bits per heavy atom. The second-order valence-corrected chi connectivity index (χ2v) is 8.34. The zero-order valence-electron chi connectivity index (χ0n) is 21.1. The van der Waals surface area contributed by atoms with Crippen LogP contribution in [-0.2, 0) is 19.1 Å². The molecule has 0 aliphatic heterocycles. The SMILES string of the molecule is CCOC(=O)/C=C\C=CCCCCCCCOC(=O)C(C=CCCCCCCCCO)CC. The first-order valence-corrected chi connectivity index (χ1v) is 13.1. The fourth-order valence-electron chi connectivity index (χ4n) is 3.40. The van der Waals surface area contributed by atoms with Crippen molar-refractivity contribution >= 4 is 11.9 Å². The molecule has 0 saturated heterocycles. The normalized spacial score (nSPS) is 12.7. The standard InChI is InChI=1S/C28H48O5/c1-3-26(22-18-14-10-7-8-12-16-20-24-29)28(31)33-25-21-17-13-9-5-6-11-15-19-23-27(30)32-4-2/h11,15,18-19,22-23,26,29H,3-10,12-14,16-17,20-21,24-25H2,1-2H3/b15-11?,22-18?,23-19-. The minimum absolute atomic E-state index is 0.0984. The Morgan fingerprint density at radius 3 is 2.00 bits per heavy atom. The lowest BCUT2D eigenvalue weighted by atomic mass is 10.0. The van der Waals surface area contributed by atoms with E-state index in [9.17, 15) is 9.59 Å². The molecule has 1 atom stereocenters. The number of aliphatic hydroxyl groups is 1. The number of esters is 2. The lowest BCUT2D eigenvalue weighted by Gasteiger charge is -2.10. The quantitative estimate of drug-likeness (QED) is 0.0623. The molecule has 190 valence electrons. The Labute approximate surface area is 202 Å². The van der Waals surface area contributed by atoms with Gasteiger partial charge in [-0.2, -0.15) is 0 Å². The van der Waals surface area contributed by atoms with Gasteiger partial charge in [0.05, 0.1) is 19.1 Å². The second kappa shape index (κ2) is 24.8. The van der Waals surface area contributed by atoms with Gasteiger partial charge in [-0.05, 0) is 51.9 Å². The van der Waals surface area contributed by atoms with E-state index in [0.29, 0.717) is 19.8 Å². The van der Waals surface area contributed by atoms with Crippen molar-refractivity contribution in [2.45, 2.75) is 104 Å². The lowest BCUT2D eigenvalue weighted by Crippen LogP contribution is -2.15. The Hall–Kier alpha value is -1.88. The molecule has 0 rings (SSSR count). The number of hydrogen-bond acceptors (Lipinski definition) is 5. The topological polar surface area (TPSA) is 72.8 Å². The summed E-state index contributed by atoms with van der Waals surface area (Å²) in [5.74, 6) is -0.528. The maximum Gasteiger partial charge on any atom is 0.330 e. The van der Waals surface area contributed by atoms with E-state index in [2.05, 4.69) is 12.2 Å². The molecule has 0 amide bonds. The Bertz CT molecular complexity index is 550. The number of carbonyl (C=O) groups excluding carboxylic acids is 2. The summed E-state index contributed by atoms with van der Waals surface area (Å²) in [7, 11) is 0. The summed E-state index contributed by atoms with van der Waals surface area (Å²) in [6, 6.07) is 0. The minimum atomic E-state index is -0.304. The number of rotatable bonds is 22. The van der Waals surface area contributed by atoms with Crippen molar-refractivity contribution in [2.24, 2.45) is 5.92 Å². The maximum absolute atomic E-state index is 12.2. The summed E-state index contributed by atoms with van der Waals surface area (Å²) < 4.78 is 10.3. The third-order valence-electron chi connectivity index (χ3n) is 5.42. The molecular weight excluding hydrogens is 416 g/mol. The third kappa shape index (κ3) is 21.7. The van der Waals surface area contributed by atoms with Crippen LogP contribution in [0.3, 0.4) is 0 Å². The number of unbranched alkanes of at least 4 members (excludes halogenated alkanes) is 11. The van der Waals surface area contributed by atoms with Crippen molar-refractivity contribution in [3.05, 3.63) is 36.5 Å². The first-order chi connectivity index (χ1) is 16.2. The van der Waals surface area contributed by atoms with Crippen LogP contribution < -0.4 is 0 Å². The van der Waals surface area contributed by atoms with E-state index in [1.165, 1.54) is 25.3 Å². The number of ether oxygens (including phenoxy) is 2. The largest absolute Gasteiger partial charge is 0.465 e. The zero-order chi connectivity index (χ0) is 24.4. The van der Waals surface area contributed by atoms with Crippen molar-refractivity contribution in [1.82, 2.24) is 0 Å². The van der Waals surface area contributed by atoms with Crippen LogP contribution in [0, 0.1) is 5.92 Å². The Kier molecular flexibility index (Phi) is 23.3. The van der Waals surface area contributed by atoms with Crippen molar-refractivity contribution in [3.63, 3.8) is 0 Å². The maximum atomic E-state index is 12.2. The van der Waals surface area contributed by atoms with Crippen LogP contribution >= 0.6 is 0 Å². The molecule has 1 unspecified atom stereocenters. The van der Waals surface area contributed by atoms with Crippen molar-refractivity contribution in [1.29, 1.82) is 0 Å². The van der Waals surface area contributed by atoms with Crippen LogP contribution in [0.4, 0.5) is 0 Å². The highest BCUT2D eigenvalue weighted by Crippen LogP contribution is 2.12. The van der Waals surface area contributed by atoms with Gasteiger partial charge in [0.25, 0.3) is 0 Å². The van der Waals surface area contributed by atoms with E-state index in [0.717, 1.165) is 70.6 Å². The van der Waals surface area contributed by atoms with Gasteiger partial charge in [-0.15, -0.1) is 0 Å². The van der Waals surface area contributed by atoms with Gasteiger partial charge in [0.2, 0.25) is 0 Å². The van der Waals surface area contributed by atoms with Gasteiger partial charge >= 0.3 is 11.9 Å². The molecule has 0 aromatic heterocycles. The summed E-state index contributed by atoms with van der Waals surface area (Å²) in [6.45, 7) is 5.03. The average Bonchev–Trinajstić information content (AvgIpc) is 2.81. The molecule has 0 radical (unpaired) electrons. The number of allylic oxidation sites excluding steroid dienone is 4. The summed E-state index contributed by atoms with van der Waals surface area (Å²) in [4.78, 5) is 23.4. The smallest absolute Gasteiger partial charge is 0.330 e.